The predicted octanol–water partition coefficient (Wildman–Crippen LogP) is 3.27. The van der Waals surface area contributed by atoms with E-state index in [-0.39, 0.29) is 16.5 Å². The van der Waals surface area contributed by atoms with Crippen LogP contribution in [0.5, 0.6) is 0 Å². The molecule has 0 saturated heterocycles. The van der Waals surface area contributed by atoms with Gasteiger partial charge in [-0.25, -0.2) is 0 Å². The van der Waals surface area contributed by atoms with Crippen LogP contribution in [0.25, 0.3) is 0 Å². The van der Waals surface area contributed by atoms with E-state index in [1.807, 2.05) is 6.92 Å². The Kier molecular flexibility index (Phi) is 8.21. The van der Waals surface area contributed by atoms with E-state index < -0.39 is 15.0 Å². The van der Waals surface area contributed by atoms with Crippen LogP contribution in [0.1, 0.15) is 19.8 Å². The van der Waals surface area contributed by atoms with Crippen LogP contribution in [0.3, 0.4) is 0 Å². The molecule has 0 spiro atoms. The number of nitro benzene ring substituents is 1. The molecule has 9 heteroatoms. The lowest BCUT2D eigenvalue weighted by molar-refractivity contribution is -0.384. The molecule has 0 aromatic heterocycles. The molecule has 108 valence electrons. The average molecular weight is 314 g/mol. The minimum atomic E-state index is -3.85. The Hall–Kier alpha value is -1.25. The topological polar surface area (TPSA) is 86.5 Å². The second-order valence-electron chi connectivity index (χ2n) is 3.39. The van der Waals surface area contributed by atoms with Crippen LogP contribution in [0.2, 0.25) is 5.02 Å². The lowest BCUT2D eigenvalue weighted by Crippen LogP contribution is -2.04. The van der Waals surface area contributed by atoms with Crippen molar-refractivity contribution in [2.75, 3.05) is 5.75 Å². The van der Waals surface area contributed by atoms with E-state index in [9.17, 15) is 23.1 Å². The molecule has 0 amide bonds. The van der Waals surface area contributed by atoms with Gasteiger partial charge in [-0.3, -0.25) is 10.1 Å². The Morgan fingerprint density at radius 2 is 2.00 bits per heavy atom. The molecular formula is C10H13ClFNO5S. The molecule has 0 bridgehead atoms. The molecule has 0 fully saturated rings. The molecule has 0 atom stereocenters. The maximum atomic E-state index is 11.0. The zero-order chi connectivity index (χ0) is 14.9. The van der Waals surface area contributed by atoms with Gasteiger partial charge in [-0.15, -0.1) is 0 Å². The standard InChI is InChI=1S/C6H4ClNO2.C4H9FO3S/c7-5-3-1-2-4-6(5)8(9)10;1-2-3-4-9(6,7)8-5/h1-4H;2-4H2,1H3. The van der Waals surface area contributed by atoms with Crippen LogP contribution in [0, 0.1) is 10.1 Å². The Labute approximate surface area is 115 Å². The van der Waals surface area contributed by atoms with Gasteiger partial charge < -0.3 is 0 Å². The average Bonchev–Trinajstić information content (AvgIpc) is 2.37. The van der Waals surface area contributed by atoms with Crippen molar-refractivity contribution in [3.05, 3.63) is 39.4 Å². The Morgan fingerprint density at radius 3 is 2.37 bits per heavy atom. The number of unbranched alkanes of at least 4 members (excludes halogenated alkanes) is 1. The smallest absolute Gasteiger partial charge is 0.258 e. The van der Waals surface area contributed by atoms with E-state index in [0.29, 0.717) is 12.8 Å². The summed E-state index contributed by atoms with van der Waals surface area (Å²) in [5.41, 5.74) is -0.0517. The summed E-state index contributed by atoms with van der Waals surface area (Å²) < 4.78 is 34.0. The zero-order valence-electron chi connectivity index (χ0n) is 10.1. The number of rotatable bonds is 5. The molecule has 6 nitrogen and oxygen atoms in total. The highest BCUT2D eigenvalue weighted by Crippen LogP contribution is 2.21. The summed E-state index contributed by atoms with van der Waals surface area (Å²) in [6.07, 6.45) is 1.15. The minimum Gasteiger partial charge on any atom is -0.258 e. The van der Waals surface area contributed by atoms with Crippen LogP contribution in [-0.4, -0.2) is 19.1 Å². The first-order valence-electron chi connectivity index (χ1n) is 5.26. The SMILES string of the molecule is CCCCS(=O)(=O)OF.O=[N+]([O-])c1ccccc1Cl. The van der Waals surface area contributed by atoms with Crippen molar-refractivity contribution < 1.29 is 22.3 Å². The number of hydrogen-bond acceptors (Lipinski definition) is 5. The fourth-order valence-corrected chi connectivity index (χ4v) is 1.86. The number of benzene rings is 1. The second-order valence-corrected chi connectivity index (χ2v) is 5.44. The molecule has 0 heterocycles. The number of halogens is 2. The summed E-state index contributed by atoms with van der Waals surface area (Å²) in [4.78, 5) is 9.63. The largest absolute Gasteiger partial charge is 0.297 e. The van der Waals surface area contributed by atoms with Crippen molar-refractivity contribution >= 4 is 27.4 Å². The third-order valence-corrected chi connectivity index (χ3v) is 3.19. The molecule has 0 unspecified atom stereocenters. The van der Waals surface area contributed by atoms with Crippen LogP contribution in [-0.2, 0) is 14.5 Å². The minimum absolute atomic E-state index is 0.0517. The molecule has 1 aromatic rings. The quantitative estimate of drug-likeness (QED) is 0.615. The van der Waals surface area contributed by atoms with Crippen molar-refractivity contribution in [1.29, 1.82) is 0 Å². The van der Waals surface area contributed by atoms with E-state index in [1.54, 1.807) is 12.1 Å². The highest BCUT2D eigenvalue weighted by Gasteiger charge is 2.09. The van der Waals surface area contributed by atoms with Gasteiger partial charge in [0, 0.05) is 6.07 Å². The summed E-state index contributed by atoms with van der Waals surface area (Å²) in [5, 5.41) is 10.3. The van der Waals surface area contributed by atoms with Gasteiger partial charge in [0.1, 0.15) is 5.02 Å². The van der Waals surface area contributed by atoms with Crippen molar-refractivity contribution in [2.45, 2.75) is 19.8 Å². The molecule has 0 aliphatic rings. The normalized spacial score (nSPS) is 10.5. The zero-order valence-corrected chi connectivity index (χ0v) is 11.7. The highest BCUT2D eigenvalue weighted by atomic mass is 35.5. The molecule has 1 rings (SSSR count). The third-order valence-electron chi connectivity index (χ3n) is 1.89. The van der Waals surface area contributed by atoms with Gasteiger partial charge >= 0.3 is 0 Å². The lowest BCUT2D eigenvalue weighted by atomic mass is 10.3. The maximum absolute atomic E-state index is 11.0. The third kappa shape index (κ3) is 7.70. The van der Waals surface area contributed by atoms with Gasteiger partial charge in [-0.1, -0.05) is 41.5 Å². The molecule has 19 heavy (non-hydrogen) atoms. The molecule has 0 aliphatic carbocycles. The number of nitrogens with zero attached hydrogens (tertiary/aromatic N) is 1. The molecule has 0 aliphatic heterocycles. The van der Waals surface area contributed by atoms with E-state index in [0.717, 1.165) is 0 Å². The van der Waals surface area contributed by atoms with Gasteiger partial charge in [0.15, 0.2) is 0 Å². The Bertz CT molecular complexity index is 508. The highest BCUT2D eigenvalue weighted by molar-refractivity contribution is 7.86. The summed E-state index contributed by atoms with van der Waals surface area (Å²) in [6.45, 7) is 1.81. The van der Waals surface area contributed by atoms with Gasteiger partial charge in [-0.2, -0.15) is 8.42 Å². The molecule has 0 N–H and O–H groups in total. The molecule has 0 radical (unpaired) electrons. The Balaban J connectivity index is 0.000000344. The lowest BCUT2D eigenvalue weighted by Gasteiger charge is -1.92. The first kappa shape index (κ1) is 17.8. The van der Waals surface area contributed by atoms with Gasteiger partial charge in [0.25, 0.3) is 15.8 Å². The van der Waals surface area contributed by atoms with Crippen molar-refractivity contribution in [3.63, 3.8) is 0 Å². The van der Waals surface area contributed by atoms with Crippen LogP contribution in [0.4, 0.5) is 10.2 Å². The van der Waals surface area contributed by atoms with Crippen molar-refractivity contribution in [2.24, 2.45) is 0 Å². The first-order valence-corrected chi connectivity index (χ1v) is 7.21. The predicted molar refractivity (Wildman–Crippen MR) is 69.0 cm³/mol. The first-order chi connectivity index (χ1) is 8.84. The summed E-state index contributed by atoms with van der Waals surface area (Å²) in [7, 11) is -3.85. The number of nitro groups is 1. The van der Waals surface area contributed by atoms with Gasteiger partial charge in [0.05, 0.1) is 10.7 Å². The number of hydrogen-bond donors (Lipinski definition) is 0. The summed E-state index contributed by atoms with van der Waals surface area (Å²) >= 11 is 5.48. The second kappa shape index (κ2) is 8.78. The summed E-state index contributed by atoms with van der Waals surface area (Å²) in [5.74, 6) is -0.236. The van der Waals surface area contributed by atoms with Crippen LogP contribution < -0.4 is 0 Å². The maximum Gasteiger partial charge on any atom is 0.297 e. The van der Waals surface area contributed by atoms with Gasteiger partial charge in [0.2, 0.25) is 0 Å². The van der Waals surface area contributed by atoms with E-state index >= 15 is 0 Å². The van der Waals surface area contributed by atoms with Crippen molar-refractivity contribution in [3.8, 4) is 0 Å². The summed E-state index contributed by atoms with van der Waals surface area (Å²) in [6, 6.07) is 6.07. The van der Waals surface area contributed by atoms with Gasteiger partial charge in [-0.05, 0) is 17.0 Å². The monoisotopic (exact) mass is 313 g/mol. The fourth-order valence-electron chi connectivity index (χ4n) is 0.952. The van der Waals surface area contributed by atoms with E-state index in [4.69, 9.17) is 11.6 Å². The molecular weight excluding hydrogens is 301 g/mol. The molecule has 1 aromatic carbocycles. The van der Waals surface area contributed by atoms with E-state index in [1.165, 1.54) is 12.1 Å². The molecule has 0 saturated carbocycles. The van der Waals surface area contributed by atoms with Crippen molar-refractivity contribution in [1.82, 2.24) is 0 Å². The van der Waals surface area contributed by atoms with E-state index in [2.05, 4.69) is 4.39 Å². The van der Waals surface area contributed by atoms with Crippen LogP contribution >= 0.6 is 11.6 Å². The fraction of sp³-hybridized carbons (Fsp3) is 0.400. The Morgan fingerprint density at radius 1 is 1.42 bits per heavy atom. The number of para-hydroxylation sites is 1. The van der Waals surface area contributed by atoms with Crippen LogP contribution in [0.15, 0.2) is 24.3 Å².